The second-order valence-electron chi connectivity index (χ2n) is 8.59. The predicted octanol–water partition coefficient (Wildman–Crippen LogP) is 6.70. The van der Waals surface area contributed by atoms with Crippen LogP contribution >= 0.6 is 11.6 Å². The van der Waals surface area contributed by atoms with Crippen LogP contribution in [0.2, 0.25) is 5.02 Å². The van der Waals surface area contributed by atoms with Gasteiger partial charge in [0.25, 0.3) is 5.91 Å². The molecule has 2 N–H and O–H groups in total. The SMILES string of the molecule is CCCCCCCCCCCCOC(=O)NC(=O)c1c(CC(=O)OC)c(Cl)c2ccccc2c1O. The molecule has 0 saturated carbocycles. The third kappa shape index (κ3) is 8.73. The summed E-state index contributed by atoms with van der Waals surface area (Å²) in [5.74, 6) is -1.91. The molecule has 0 aliphatic carbocycles. The fourth-order valence-corrected chi connectivity index (χ4v) is 4.33. The Balaban J connectivity index is 1.90. The number of methoxy groups -OCH3 is 1. The molecule has 7 nitrogen and oxygen atoms in total. The minimum Gasteiger partial charge on any atom is -0.506 e. The van der Waals surface area contributed by atoms with Gasteiger partial charge in [-0.25, -0.2) is 4.79 Å². The number of alkyl carbamates (subject to hydrolysis) is 1. The molecule has 0 unspecified atom stereocenters. The highest BCUT2D eigenvalue weighted by molar-refractivity contribution is 6.37. The number of amides is 2. The Morgan fingerprint density at radius 2 is 1.49 bits per heavy atom. The predicted molar refractivity (Wildman–Crippen MR) is 137 cm³/mol. The van der Waals surface area contributed by atoms with Crippen LogP contribution in [0.1, 0.15) is 87.1 Å². The summed E-state index contributed by atoms with van der Waals surface area (Å²) >= 11 is 6.47. The summed E-state index contributed by atoms with van der Waals surface area (Å²) in [6, 6.07) is 6.67. The number of carbonyl (C=O) groups is 3. The van der Waals surface area contributed by atoms with Gasteiger partial charge in [-0.2, -0.15) is 0 Å². The van der Waals surface area contributed by atoms with Crippen LogP contribution in [0, 0.1) is 0 Å². The Morgan fingerprint density at radius 3 is 2.09 bits per heavy atom. The smallest absolute Gasteiger partial charge is 0.414 e. The topological polar surface area (TPSA) is 102 Å². The van der Waals surface area contributed by atoms with Crippen LogP contribution in [0.3, 0.4) is 0 Å². The molecule has 0 aliphatic heterocycles. The van der Waals surface area contributed by atoms with Gasteiger partial charge < -0.3 is 14.6 Å². The number of phenolic OH excluding ortho intramolecular Hbond substituents is 1. The highest BCUT2D eigenvalue weighted by atomic mass is 35.5. The summed E-state index contributed by atoms with van der Waals surface area (Å²) in [5.41, 5.74) is -0.176. The molecule has 8 heteroatoms. The first-order valence-corrected chi connectivity index (χ1v) is 12.7. The number of esters is 1. The molecule has 0 radical (unpaired) electrons. The van der Waals surface area contributed by atoms with E-state index in [0.717, 1.165) is 12.8 Å². The van der Waals surface area contributed by atoms with Gasteiger partial charge in [0.15, 0.2) is 0 Å². The summed E-state index contributed by atoms with van der Waals surface area (Å²) in [6.45, 7) is 2.40. The molecule has 0 aromatic heterocycles. The van der Waals surface area contributed by atoms with E-state index in [-0.39, 0.29) is 34.9 Å². The normalized spacial score (nSPS) is 10.8. The molecule has 0 fully saturated rings. The van der Waals surface area contributed by atoms with E-state index in [1.165, 1.54) is 52.1 Å². The first kappa shape index (κ1) is 28.4. The molecule has 0 bridgehead atoms. The highest BCUT2D eigenvalue weighted by Crippen LogP contribution is 2.38. The van der Waals surface area contributed by atoms with Crippen molar-refractivity contribution in [1.29, 1.82) is 0 Å². The summed E-state index contributed by atoms with van der Waals surface area (Å²) < 4.78 is 9.83. The summed E-state index contributed by atoms with van der Waals surface area (Å²) in [5, 5.41) is 13.8. The van der Waals surface area contributed by atoms with Crippen LogP contribution in [0.4, 0.5) is 4.79 Å². The average Bonchev–Trinajstić information content (AvgIpc) is 2.85. The van der Waals surface area contributed by atoms with Crippen LogP contribution in [0.15, 0.2) is 24.3 Å². The number of fused-ring (bicyclic) bond motifs is 1. The fourth-order valence-electron chi connectivity index (χ4n) is 4.00. The Kier molecular flexibility index (Phi) is 12.4. The maximum absolute atomic E-state index is 12.9. The number of ether oxygens (including phenoxy) is 2. The maximum atomic E-state index is 12.9. The molecule has 0 aliphatic rings. The standard InChI is InChI=1S/C27H36ClNO6/c1-3-4-5-6-7-8-9-10-11-14-17-35-27(33)29-26(32)23-21(18-22(30)34-2)24(28)19-15-12-13-16-20(19)25(23)31/h12-13,15-16,31H,3-11,14,17-18H2,1-2H3,(H,29,32,33). The number of hydrogen-bond acceptors (Lipinski definition) is 6. The molecule has 0 heterocycles. The highest BCUT2D eigenvalue weighted by Gasteiger charge is 2.26. The van der Waals surface area contributed by atoms with Crippen molar-refractivity contribution in [2.45, 2.75) is 77.6 Å². The minimum atomic E-state index is -0.918. The molecule has 0 spiro atoms. The van der Waals surface area contributed by atoms with Gasteiger partial charge in [-0.1, -0.05) is 101 Å². The van der Waals surface area contributed by atoms with E-state index < -0.39 is 18.0 Å². The van der Waals surface area contributed by atoms with Gasteiger partial charge in [0, 0.05) is 10.8 Å². The summed E-state index contributed by atoms with van der Waals surface area (Å²) in [7, 11) is 1.21. The summed E-state index contributed by atoms with van der Waals surface area (Å²) in [6.07, 6.45) is 10.3. The van der Waals surface area contributed by atoms with Gasteiger partial charge >= 0.3 is 12.1 Å². The molecule has 2 rings (SSSR count). The van der Waals surface area contributed by atoms with Crippen molar-refractivity contribution >= 4 is 40.3 Å². The van der Waals surface area contributed by atoms with Gasteiger partial charge in [-0.3, -0.25) is 14.9 Å². The van der Waals surface area contributed by atoms with Crippen molar-refractivity contribution in [2.24, 2.45) is 0 Å². The molecule has 35 heavy (non-hydrogen) atoms. The van der Waals surface area contributed by atoms with E-state index >= 15 is 0 Å². The zero-order valence-corrected chi connectivity index (χ0v) is 21.4. The van der Waals surface area contributed by atoms with Crippen molar-refractivity contribution in [2.75, 3.05) is 13.7 Å². The molecular formula is C27H36ClNO6. The van der Waals surface area contributed by atoms with Crippen molar-refractivity contribution in [3.8, 4) is 5.75 Å². The third-order valence-corrected chi connectivity index (χ3v) is 6.38. The molecule has 2 aromatic rings. The van der Waals surface area contributed by atoms with Crippen LogP contribution in [0.25, 0.3) is 10.8 Å². The lowest BCUT2D eigenvalue weighted by molar-refractivity contribution is -0.139. The number of aromatic hydroxyl groups is 1. The molecule has 2 amide bonds. The Bertz CT molecular complexity index is 1010. The van der Waals surface area contributed by atoms with E-state index in [0.29, 0.717) is 17.2 Å². The van der Waals surface area contributed by atoms with Gasteiger partial charge in [-0.05, 0) is 12.0 Å². The largest absolute Gasteiger partial charge is 0.506 e. The van der Waals surface area contributed by atoms with Crippen molar-refractivity contribution in [3.63, 3.8) is 0 Å². The average molecular weight is 506 g/mol. The Labute approximate surface area is 212 Å². The fraction of sp³-hybridized carbons (Fsp3) is 0.519. The van der Waals surface area contributed by atoms with E-state index in [1.807, 2.05) is 0 Å². The van der Waals surface area contributed by atoms with E-state index in [1.54, 1.807) is 24.3 Å². The molecule has 0 atom stereocenters. The van der Waals surface area contributed by atoms with E-state index in [2.05, 4.69) is 12.2 Å². The molecular weight excluding hydrogens is 470 g/mol. The van der Waals surface area contributed by atoms with Gasteiger partial charge in [0.05, 0.1) is 30.7 Å². The number of rotatable bonds is 14. The first-order chi connectivity index (χ1) is 16.9. The monoisotopic (exact) mass is 505 g/mol. The minimum absolute atomic E-state index is 0.0784. The number of phenols is 1. The second-order valence-corrected chi connectivity index (χ2v) is 8.96. The number of imide groups is 1. The van der Waals surface area contributed by atoms with E-state index in [9.17, 15) is 19.5 Å². The quantitative estimate of drug-likeness (QED) is 0.219. The van der Waals surface area contributed by atoms with Gasteiger partial charge in [-0.15, -0.1) is 0 Å². The molecule has 2 aromatic carbocycles. The van der Waals surface area contributed by atoms with Crippen LogP contribution < -0.4 is 5.32 Å². The lowest BCUT2D eigenvalue weighted by atomic mass is 9.96. The number of unbranched alkanes of at least 4 members (excludes halogenated alkanes) is 9. The van der Waals surface area contributed by atoms with Crippen LogP contribution in [-0.2, 0) is 20.7 Å². The van der Waals surface area contributed by atoms with Crippen LogP contribution in [0.5, 0.6) is 5.75 Å². The lowest BCUT2D eigenvalue weighted by Crippen LogP contribution is -2.32. The molecule has 0 saturated heterocycles. The van der Waals surface area contributed by atoms with Crippen LogP contribution in [-0.4, -0.2) is 36.8 Å². The lowest BCUT2D eigenvalue weighted by Gasteiger charge is -2.16. The van der Waals surface area contributed by atoms with E-state index in [4.69, 9.17) is 21.1 Å². The number of hydrogen-bond donors (Lipinski definition) is 2. The number of nitrogens with one attached hydrogen (secondary N) is 1. The first-order valence-electron chi connectivity index (χ1n) is 12.4. The Morgan fingerprint density at radius 1 is 0.914 bits per heavy atom. The number of carbonyl (C=O) groups excluding carboxylic acids is 3. The second kappa shape index (κ2) is 15.2. The molecule has 192 valence electrons. The van der Waals surface area contributed by atoms with Crippen molar-refractivity contribution in [1.82, 2.24) is 5.32 Å². The van der Waals surface area contributed by atoms with Gasteiger partial charge in [0.2, 0.25) is 0 Å². The Hall–Kier alpha value is -2.80. The maximum Gasteiger partial charge on any atom is 0.414 e. The number of halogens is 1. The third-order valence-electron chi connectivity index (χ3n) is 5.94. The zero-order valence-electron chi connectivity index (χ0n) is 20.7. The zero-order chi connectivity index (χ0) is 25.6. The van der Waals surface area contributed by atoms with Crippen molar-refractivity contribution < 1.29 is 29.0 Å². The summed E-state index contributed by atoms with van der Waals surface area (Å²) in [4.78, 5) is 37.0. The number of benzene rings is 2. The van der Waals surface area contributed by atoms with Gasteiger partial charge in [0.1, 0.15) is 5.75 Å². The van der Waals surface area contributed by atoms with Crippen molar-refractivity contribution in [3.05, 3.63) is 40.4 Å².